The summed E-state index contributed by atoms with van der Waals surface area (Å²) >= 11 is 0. The van der Waals surface area contributed by atoms with Crippen molar-refractivity contribution in [2.75, 3.05) is 20.2 Å². The zero-order chi connectivity index (χ0) is 25.6. The van der Waals surface area contributed by atoms with E-state index in [9.17, 15) is 14.0 Å². The van der Waals surface area contributed by atoms with Crippen molar-refractivity contribution in [2.45, 2.75) is 50.5 Å². The van der Waals surface area contributed by atoms with E-state index < -0.39 is 5.82 Å². The number of ether oxygens (including phenoxy) is 1. The van der Waals surface area contributed by atoms with Gasteiger partial charge in [-0.15, -0.1) is 0 Å². The number of nitrogens with one attached hydrogen (secondary N) is 3. The molecule has 194 valence electrons. The monoisotopic (exact) mass is 507 g/mol. The zero-order valence-corrected chi connectivity index (χ0v) is 20.7. The van der Waals surface area contributed by atoms with Crippen LogP contribution >= 0.6 is 0 Å². The van der Waals surface area contributed by atoms with E-state index in [0.29, 0.717) is 43.2 Å². The highest BCUT2D eigenvalue weighted by Crippen LogP contribution is 2.50. The molecule has 1 saturated heterocycles. The van der Waals surface area contributed by atoms with Gasteiger partial charge in [-0.3, -0.25) is 19.8 Å². The van der Waals surface area contributed by atoms with Crippen LogP contribution in [0.2, 0.25) is 0 Å². The van der Waals surface area contributed by atoms with Crippen LogP contribution in [0.15, 0.2) is 24.5 Å². The summed E-state index contributed by atoms with van der Waals surface area (Å²) in [5.74, 6) is -0.0489. The fraction of sp³-hybridized carbons (Fsp3) is 0.500. The summed E-state index contributed by atoms with van der Waals surface area (Å²) in [7, 11) is 1.45. The minimum absolute atomic E-state index is 0.0855. The molecule has 0 aromatic carbocycles. The molecular formula is C26H30FN7O3. The summed E-state index contributed by atoms with van der Waals surface area (Å²) in [6, 6.07) is 3.01. The summed E-state index contributed by atoms with van der Waals surface area (Å²) in [5, 5.41) is 17.3. The quantitative estimate of drug-likeness (QED) is 0.471. The molecule has 3 aliphatic rings. The van der Waals surface area contributed by atoms with Gasteiger partial charge in [-0.2, -0.15) is 10.2 Å². The number of aromatic nitrogens is 5. The second kappa shape index (κ2) is 9.28. The second-order valence-corrected chi connectivity index (χ2v) is 10.5. The van der Waals surface area contributed by atoms with Gasteiger partial charge in [0.1, 0.15) is 5.69 Å². The van der Waals surface area contributed by atoms with Crippen LogP contribution in [-0.4, -0.2) is 67.8 Å². The number of rotatable bonds is 6. The van der Waals surface area contributed by atoms with Crippen LogP contribution < -0.4 is 10.1 Å². The van der Waals surface area contributed by atoms with Crippen molar-refractivity contribution in [3.05, 3.63) is 47.3 Å². The molecule has 3 aromatic heterocycles. The number of carbonyl (C=O) groups excluding carboxylic acids is 2. The first-order valence-corrected chi connectivity index (χ1v) is 12.8. The lowest BCUT2D eigenvalue weighted by atomic mass is 9.86. The standard InChI is InChI=1S/C26H30FN7O3/c1-37-23-9-18(19(27)14-28-23)21-10-22(33-32-21)25(36)34-7-4-16(11-26(34)5-6-26)24(35)29-12-15-2-3-20-17(8-15)13-30-31-20/h9-10,13-16H,2-8,11-12H2,1H3,(H,29,35)(H,30,31)(H,32,33)/t15-,16?/m0/s1. The molecule has 1 spiro atoms. The van der Waals surface area contributed by atoms with Gasteiger partial charge in [-0.05, 0) is 62.5 Å². The maximum absolute atomic E-state index is 14.3. The predicted octanol–water partition coefficient (Wildman–Crippen LogP) is 2.65. The van der Waals surface area contributed by atoms with Gasteiger partial charge in [0.2, 0.25) is 11.8 Å². The number of nitrogens with zero attached hydrogens (tertiary/aromatic N) is 4. The number of hydrogen-bond donors (Lipinski definition) is 3. The van der Waals surface area contributed by atoms with E-state index in [1.807, 2.05) is 11.1 Å². The summed E-state index contributed by atoms with van der Waals surface area (Å²) in [5.41, 5.74) is 2.93. The first kappa shape index (κ1) is 23.6. The van der Waals surface area contributed by atoms with Crippen LogP contribution in [0, 0.1) is 17.7 Å². The molecule has 2 atom stereocenters. The predicted molar refractivity (Wildman–Crippen MR) is 131 cm³/mol. The Balaban J connectivity index is 1.08. The molecular weight excluding hydrogens is 477 g/mol. The number of likely N-dealkylation sites (tertiary alicyclic amines) is 1. The minimum Gasteiger partial charge on any atom is -0.481 e. The van der Waals surface area contributed by atoms with E-state index in [4.69, 9.17) is 4.74 Å². The van der Waals surface area contributed by atoms with Crippen molar-refractivity contribution in [3.8, 4) is 17.1 Å². The van der Waals surface area contributed by atoms with Gasteiger partial charge >= 0.3 is 0 Å². The van der Waals surface area contributed by atoms with Crippen LogP contribution in [0.5, 0.6) is 5.88 Å². The molecule has 37 heavy (non-hydrogen) atoms. The number of methoxy groups -OCH3 is 1. The van der Waals surface area contributed by atoms with Crippen LogP contribution in [0.4, 0.5) is 4.39 Å². The summed E-state index contributed by atoms with van der Waals surface area (Å²) in [6.45, 7) is 1.17. The molecule has 4 heterocycles. The van der Waals surface area contributed by atoms with Gasteiger partial charge in [0.15, 0.2) is 5.82 Å². The number of pyridine rings is 1. The second-order valence-electron chi connectivity index (χ2n) is 10.5. The molecule has 3 N–H and O–H groups in total. The van der Waals surface area contributed by atoms with Gasteiger partial charge in [0.05, 0.1) is 24.7 Å². The van der Waals surface area contributed by atoms with Crippen molar-refractivity contribution in [3.63, 3.8) is 0 Å². The first-order chi connectivity index (χ1) is 18.0. The Labute approximate surface area is 213 Å². The Morgan fingerprint density at radius 3 is 2.95 bits per heavy atom. The summed E-state index contributed by atoms with van der Waals surface area (Å²) in [4.78, 5) is 32.2. The maximum atomic E-state index is 14.3. The van der Waals surface area contributed by atoms with Crippen molar-refractivity contribution >= 4 is 11.8 Å². The Morgan fingerprint density at radius 2 is 2.14 bits per heavy atom. The molecule has 11 heteroatoms. The average molecular weight is 508 g/mol. The van der Waals surface area contributed by atoms with Crippen LogP contribution in [0.1, 0.15) is 53.8 Å². The molecule has 2 aliphatic carbocycles. The number of fused-ring (bicyclic) bond motifs is 1. The smallest absolute Gasteiger partial charge is 0.272 e. The molecule has 1 aliphatic heterocycles. The Kier molecular flexibility index (Phi) is 5.92. The van der Waals surface area contributed by atoms with Crippen molar-refractivity contribution in [2.24, 2.45) is 11.8 Å². The maximum Gasteiger partial charge on any atom is 0.272 e. The number of aromatic amines is 2. The molecule has 2 fully saturated rings. The van der Waals surface area contributed by atoms with E-state index in [0.717, 1.165) is 44.0 Å². The molecule has 0 bridgehead atoms. The van der Waals surface area contributed by atoms with Crippen molar-refractivity contribution in [1.82, 2.24) is 35.6 Å². The number of piperidine rings is 1. The van der Waals surface area contributed by atoms with Gasteiger partial charge in [0, 0.05) is 42.4 Å². The number of hydrogen-bond acceptors (Lipinski definition) is 6. The zero-order valence-electron chi connectivity index (χ0n) is 20.7. The molecule has 1 saturated carbocycles. The van der Waals surface area contributed by atoms with Gasteiger partial charge in [-0.1, -0.05) is 0 Å². The minimum atomic E-state index is -0.546. The number of aryl methyl sites for hydroxylation is 1. The highest BCUT2D eigenvalue weighted by atomic mass is 19.1. The fourth-order valence-electron chi connectivity index (χ4n) is 5.85. The first-order valence-electron chi connectivity index (χ1n) is 12.8. The Morgan fingerprint density at radius 1 is 1.27 bits per heavy atom. The topological polar surface area (TPSA) is 129 Å². The molecule has 2 amide bonds. The molecule has 10 nitrogen and oxygen atoms in total. The number of H-pyrrole nitrogens is 2. The number of amides is 2. The lowest BCUT2D eigenvalue weighted by Gasteiger charge is -2.39. The van der Waals surface area contributed by atoms with Gasteiger partial charge in [-0.25, -0.2) is 9.37 Å². The summed E-state index contributed by atoms with van der Waals surface area (Å²) < 4.78 is 19.4. The number of halogens is 1. The molecule has 1 unspecified atom stereocenters. The van der Waals surface area contributed by atoms with Crippen molar-refractivity contribution in [1.29, 1.82) is 0 Å². The largest absolute Gasteiger partial charge is 0.481 e. The van der Waals surface area contributed by atoms with E-state index >= 15 is 0 Å². The van der Waals surface area contributed by atoms with Crippen LogP contribution in [0.25, 0.3) is 11.3 Å². The lowest BCUT2D eigenvalue weighted by molar-refractivity contribution is -0.127. The third-order valence-electron chi connectivity index (χ3n) is 8.14. The Bertz CT molecular complexity index is 1330. The summed E-state index contributed by atoms with van der Waals surface area (Å²) in [6.07, 6.45) is 8.98. The normalized spacial score (nSPS) is 21.9. The average Bonchev–Trinajstić information content (AvgIpc) is 3.31. The third kappa shape index (κ3) is 4.47. The van der Waals surface area contributed by atoms with E-state index in [-0.39, 0.29) is 34.7 Å². The third-order valence-corrected chi connectivity index (χ3v) is 8.14. The van der Waals surface area contributed by atoms with E-state index in [1.165, 1.54) is 18.7 Å². The number of carbonyl (C=O) groups is 2. The Hall–Kier alpha value is -3.76. The van der Waals surface area contributed by atoms with Gasteiger partial charge < -0.3 is 15.0 Å². The highest BCUT2D eigenvalue weighted by molar-refractivity contribution is 5.94. The van der Waals surface area contributed by atoms with Crippen molar-refractivity contribution < 1.29 is 18.7 Å². The SMILES string of the molecule is COc1cc(-c2cc(C(=O)N3CCC(C(=O)NC[C@H]4CCc5n[nH]cc5C4)CC34CC4)[nH]n2)c(F)cn1. The molecule has 3 aromatic rings. The lowest BCUT2D eigenvalue weighted by Crippen LogP contribution is -2.51. The molecule has 0 radical (unpaired) electrons. The fourth-order valence-corrected chi connectivity index (χ4v) is 5.85. The van der Waals surface area contributed by atoms with Crippen LogP contribution in [0.3, 0.4) is 0 Å². The van der Waals surface area contributed by atoms with E-state index in [1.54, 1.807) is 6.07 Å². The molecule has 6 rings (SSSR count). The van der Waals surface area contributed by atoms with Gasteiger partial charge in [0.25, 0.3) is 5.91 Å². The highest BCUT2D eigenvalue weighted by Gasteiger charge is 2.54. The van der Waals surface area contributed by atoms with E-state index in [2.05, 4.69) is 30.7 Å². The van der Waals surface area contributed by atoms with Crippen LogP contribution in [-0.2, 0) is 17.6 Å².